The Morgan fingerprint density at radius 3 is 2.60 bits per heavy atom. The van der Waals surface area contributed by atoms with Crippen LogP contribution in [-0.4, -0.2) is 23.4 Å². The lowest BCUT2D eigenvalue weighted by Crippen LogP contribution is -2.39. The highest BCUT2D eigenvalue weighted by Crippen LogP contribution is 2.36. The fraction of sp³-hybridized carbons (Fsp3) is 0.500. The number of nitrogens with two attached hydrogens (primary N) is 1. The minimum atomic E-state index is -4.38. The van der Waals surface area contributed by atoms with E-state index in [-0.39, 0.29) is 18.5 Å². The van der Waals surface area contributed by atoms with Gasteiger partial charge in [-0.05, 0) is 37.5 Å². The van der Waals surface area contributed by atoms with Crippen molar-refractivity contribution >= 4 is 5.91 Å². The molecule has 1 atom stereocenters. The number of benzene rings is 1. The largest absolute Gasteiger partial charge is 0.416 e. The Hall–Kier alpha value is -1.56. The number of alkyl halides is 3. The van der Waals surface area contributed by atoms with Crippen molar-refractivity contribution in [1.82, 2.24) is 4.90 Å². The van der Waals surface area contributed by atoms with Gasteiger partial charge in [0, 0.05) is 6.04 Å². The van der Waals surface area contributed by atoms with Crippen molar-refractivity contribution in [2.45, 2.75) is 38.0 Å². The molecule has 1 fully saturated rings. The third-order valence-corrected chi connectivity index (χ3v) is 3.52. The molecule has 2 rings (SSSR count). The van der Waals surface area contributed by atoms with Crippen LogP contribution in [0.25, 0.3) is 0 Å². The van der Waals surface area contributed by atoms with Crippen LogP contribution in [0.4, 0.5) is 13.2 Å². The summed E-state index contributed by atoms with van der Waals surface area (Å²) in [5.41, 5.74) is 5.17. The van der Waals surface area contributed by atoms with Crippen LogP contribution in [0.3, 0.4) is 0 Å². The summed E-state index contributed by atoms with van der Waals surface area (Å²) in [5, 5.41) is 0. The maximum absolute atomic E-state index is 12.7. The van der Waals surface area contributed by atoms with Crippen molar-refractivity contribution in [2.75, 3.05) is 6.54 Å². The maximum Gasteiger partial charge on any atom is 0.416 e. The molecule has 6 heteroatoms. The van der Waals surface area contributed by atoms with Crippen molar-refractivity contribution in [2.24, 2.45) is 5.73 Å². The predicted molar refractivity (Wildman–Crippen MR) is 68.8 cm³/mol. The Bertz CT molecular complexity index is 497. The smallest absolute Gasteiger partial charge is 0.332 e. The number of nitrogens with zero attached hydrogens (tertiary/aromatic N) is 1. The predicted octanol–water partition coefficient (Wildman–Crippen LogP) is 2.72. The number of hydrogen-bond acceptors (Lipinski definition) is 2. The second-order valence-corrected chi connectivity index (χ2v) is 5.04. The molecule has 1 aromatic rings. The standard InChI is InChI=1S/C14H17F3N2O/c1-9(19(12-5-6-12)13(20)8-18)10-3-2-4-11(7-10)14(15,16)17/h2-4,7,9,12H,5-6,8,18H2,1H3. The van der Waals surface area contributed by atoms with Crippen LogP contribution in [0, 0.1) is 0 Å². The fourth-order valence-electron chi connectivity index (χ4n) is 2.33. The van der Waals surface area contributed by atoms with Crippen molar-refractivity contribution in [3.8, 4) is 0 Å². The van der Waals surface area contributed by atoms with E-state index in [2.05, 4.69) is 0 Å². The molecule has 1 aliphatic carbocycles. The number of hydrogen-bond donors (Lipinski definition) is 1. The Morgan fingerprint density at radius 1 is 1.45 bits per heavy atom. The van der Waals surface area contributed by atoms with Gasteiger partial charge in [-0.15, -0.1) is 0 Å². The van der Waals surface area contributed by atoms with Crippen molar-refractivity contribution in [3.05, 3.63) is 35.4 Å². The summed E-state index contributed by atoms with van der Waals surface area (Å²) in [6.07, 6.45) is -2.61. The van der Waals surface area contributed by atoms with E-state index >= 15 is 0 Å². The van der Waals surface area contributed by atoms with E-state index in [1.165, 1.54) is 6.07 Å². The van der Waals surface area contributed by atoms with Gasteiger partial charge in [-0.1, -0.05) is 12.1 Å². The zero-order chi connectivity index (χ0) is 14.9. The first-order valence-electron chi connectivity index (χ1n) is 6.53. The lowest BCUT2D eigenvalue weighted by atomic mass is 10.0. The highest BCUT2D eigenvalue weighted by atomic mass is 19.4. The van der Waals surface area contributed by atoms with Gasteiger partial charge >= 0.3 is 6.18 Å². The molecule has 1 aromatic carbocycles. The molecule has 0 aliphatic heterocycles. The summed E-state index contributed by atoms with van der Waals surface area (Å²) in [6, 6.07) is 4.81. The first-order valence-corrected chi connectivity index (χ1v) is 6.53. The van der Waals surface area contributed by atoms with Gasteiger partial charge in [-0.3, -0.25) is 4.79 Å². The molecule has 1 unspecified atom stereocenters. The Morgan fingerprint density at radius 2 is 2.10 bits per heavy atom. The van der Waals surface area contributed by atoms with E-state index in [1.807, 2.05) is 0 Å². The van der Waals surface area contributed by atoms with Gasteiger partial charge in [0.15, 0.2) is 0 Å². The van der Waals surface area contributed by atoms with E-state index in [9.17, 15) is 18.0 Å². The quantitative estimate of drug-likeness (QED) is 0.925. The molecule has 0 spiro atoms. The molecule has 20 heavy (non-hydrogen) atoms. The lowest BCUT2D eigenvalue weighted by Gasteiger charge is -2.29. The summed E-state index contributed by atoms with van der Waals surface area (Å²) in [7, 11) is 0. The summed E-state index contributed by atoms with van der Waals surface area (Å²) in [4.78, 5) is 13.5. The lowest BCUT2D eigenvalue weighted by molar-refractivity contribution is -0.137. The number of carbonyl (C=O) groups is 1. The van der Waals surface area contributed by atoms with Gasteiger partial charge in [-0.25, -0.2) is 0 Å². The number of halogens is 3. The van der Waals surface area contributed by atoms with E-state index in [0.717, 1.165) is 25.0 Å². The zero-order valence-electron chi connectivity index (χ0n) is 11.2. The van der Waals surface area contributed by atoms with Gasteiger partial charge in [0.1, 0.15) is 0 Å². The molecule has 0 heterocycles. The van der Waals surface area contributed by atoms with Crippen LogP contribution >= 0.6 is 0 Å². The summed E-state index contributed by atoms with van der Waals surface area (Å²) >= 11 is 0. The molecule has 0 aromatic heterocycles. The highest BCUT2D eigenvalue weighted by molar-refractivity contribution is 5.79. The van der Waals surface area contributed by atoms with Crippen molar-refractivity contribution in [3.63, 3.8) is 0 Å². The first kappa shape index (κ1) is 14.8. The van der Waals surface area contributed by atoms with Gasteiger partial charge < -0.3 is 10.6 Å². The van der Waals surface area contributed by atoms with Crippen LogP contribution in [0.1, 0.15) is 36.9 Å². The monoisotopic (exact) mass is 286 g/mol. The second kappa shape index (κ2) is 5.44. The second-order valence-electron chi connectivity index (χ2n) is 5.04. The third kappa shape index (κ3) is 3.12. The summed E-state index contributed by atoms with van der Waals surface area (Å²) in [5.74, 6) is -0.225. The molecule has 3 nitrogen and oxygen atoms in total. The molecule has 1 amide bonds. The average Bonchev–Trinajstić information content (AvgIpc) is 3.22. The molecule has 0 bridgehead atoms. The first-order chi connectivity index (χ1) is 9.34. The number of carbonyl (C=O) groups excluding carboxylic acids is 1. The molecule has 0 radical (unpaired) electrons. The Kier molecular flexibility index (Phi) is 4.04. The molecule has 110 valence electrons. The van der Waals surface area contributed by atoms with E-state index < -0.39 is 17.8 Å². The van der Waals surface area contributed by atoms with Crippen molar-refractivity contribution in [1.29, 1.82) is 0 Å². The molecular formula is C14H17F3N2O. The fourth-order valence-corrected chi connectivity index (χ4v) is 2.33. The summed E-state index contributed by atoms with van der Waals surface area (Å²) in [6.45, 7) is 1.61. The van der Waals surface area contributed by atoms with Gasteiger partial charge in [0.05, 0.1) is 18.2 Å². The highest BCUT2D eigenvalue weighted by Gasteiger charge is 2.36. The Labute approximate surface area is 115 Å². The number of amides is 1. The number of rotatable bonds is 4. The normalized spacial score (nSPS) is 16.9. The van der Waals surface area contributed by atoms with Crippen LogP contribution < -0.4 is 5.73 Å². The van der Waals surface area contributed by atoms with E-state index in [1.54, 1.807) is 17.9 Å². The van der Waals surface area contributed by atoms with Gasteiger partial charge in [-0.2, -0.15) is 13.2 Å². The average molecular weight is 286 g/mol. The van der Waals surface area contributed by atoms with Crippen LogP contribution in [-0.2, 0) is 11.0 Å². The van der Waals surface area contributed by atoms with E-state index in [0.29, 0.717) is 5.56 Å². The minimum absolute atomic E-state index is 0.107. The van der Waals surface area contributed by atoms with E-state index in [4.69, 9.17) is 5.73 Å². The topological polar surface area (TPSA) is 46.3 Å². The van der Waals surface area contributed by atoms with Crippen LogP contribution in [0.5, 0.6) is 0 Å². The maximum atomic E-state index is 12.7. The van der Waals surface area contributed by atoms with Gasteiger partial charge in [0.2, 0.25) is 5.91 Å². The van der Waals surface area contributed by atoms with Crippen LogP contribution in [0.15, 0.2) is 24.3 Å². The van der Waals surface area contributed by atoms with Crippen LogP contribution in [0.2, 0.25) is 0 Å². The van der Waals surface area contributed by atoms with Crippen molar-refractivity contribution < 1.29 is 18.0 Å². The molecular weight excluding hydrogens is 269 g/mol. The summed E-state index contributed by atoms with van der Waals surface area (Å²) < 4.78 is 38.2. The molecule has 1 saturated carbocycles. The van der Waals surface area contributed by atoms with Gasteiger partial charge in [0.25, 0.3) is 0 Å². The molecule has 2 N–H and O–H groups in total. The minimum Gasteiger partial charge on any atom is -0.332 e. The Balaban J connectivity index is 2.27. The molecule has 0 saturated heterocycles. The SMILES string of the molecule is CC(c1cccc(C(F)(F)F)c1)N(C(=O)CN)C1CC1. The molecule has 1 aliphatic rings. The third-order valence-electron chi connectivity index (χ3n) is 3.52. The zero-order valence-corrected chi connectivity index (χ0v) is 11.2.